The average molecular weight is 255 g/mol. The molecule has 2 aliphatic rings. The average Bonchev–Trinajstić information content (AvgIpc) is 2.36. The van der Waals surface area contributed by atoms with Crippen molar-refractivity contribution in [3.05, 3.63) is 0 Å². The van der Waals surface area contributed by atoms with E-state index in [1.165, 1.54) is 32.4 Å². The molecule has 2 N–H and O–H groups in total. The van der Waals surface area contributed by atoms with Gasteiger partial charge in [-0.3, -0.25) is 0 Å². The molecule has 2 aliphatic heterocycles. The van der Waals surface area contributed by atoms with Gasteiger partial charge in [-0.05, 0) is 51.9 Å². The summed E-state index contributed by atoms with van der Waals surface area (Å²) in [6.07, 6.45) is 3.76. The molecule has 0 aromatic heterocycles. The van der Waals surface area contributed by atoms with Crippen molar-refractivity contribution in [1.29, 1.82) is 0 Å². The molecule has 0 aromatic carbocycles. The van der Waals surface area contributed by atoms with Crippen LogP contribution in [0.4, 0.5) is 0 Å². The van der Waals surface area contributed by atoms with E-state index < -0.39 is 0 Å². The monoisotopic (exact) mass is 255 g/mol. The maximum absolute atomic E-state index is 9.97. The van der Waals surface area contributed by atoms with Gasteiger partial charge in [0.05, 0.1) is 6.10 Å². The van der Waals surface area contributed by atoms with E-state index >= 15 is 0 Å². The van der Waals surface area contributed by atoms with Crippen LogP contribution in [-0.4, -0.2) is 73.4 Å². The van der Waals surface area contributed by atoms with Gasteiger partial charge in [0.25, 0.3) is 0 Å². The van der Waals surface area contributed by atoms with E-state index in [2.05, 4.69) is 29.1 Å². The maximum Gasteiger partial charge on any atom is 0.0791 e. The van der Waals surface area contributed by atoms with E-state index in [1.807, 2.05) is 0 Å². The Hall–Kier alpha value is -0.160. The van der Waals surface area contributed by atoms with Crippen LogP contribution in [0.3, 0.4) is 0 Å². The highest BCUT2D eigenvalue weighted by Gasteiger charge is 2.34. The number of β-amino-alcohol motifs (C(OH)–C–C–N with tert-alkyl or cyclic N) is 1. The SMILES string of the molecule is CCNCC(O)CN1CCC2C(CCCN2C)C1. The first kappa shape index (κ1) is 14.3. The van der Waals surface area contributed by atoms with E-state index in [0.29, 0.717) is 0 Å². The highest BCUT2D eigenvalue weighted by molar-refractivity contribution is 4.89. The first-order valence-electron chi connectivity index (χ1n) is 7.52. The summed E-state index contributed by atoms with van der Waals surface area (Å²) in [7, 11) is 2.27. The predicted molar refractivity (Wildman–Crippen MR) is 74.7 cm³/mol. The number of rotatable bonds is 5. The van der Waals surface area contributed by atoms with Crippen LogP contribution in [-0.2, 0) is 0 Å². The molecule has 2 heterocycles. The number of aliphatic hydroxyl groups is 1. The highest BCUT2D eigenvalue weighted by Crippen LogP contribution is 2.29. The quantitative estimate of drug-likeness (QED) is 0.745. The van der Waals surface area contributed by atoms with Crippen molar-refractivity contribution in [1.82, 2.24) is 15.1 Å². The fourth-order valence-electron chi connectivity index (χ4n) is 3.57. The summed E-state index contributed by atoms with van der Waals surface area (Å²) >= 11 is 0. The summed E-state index contributed by atoms with van der Waals surface area (Å²) in [6.45, 7) is 8.17. The summed E-state index contributed by atoms with van der Waals surface area (Å²) in [5, 5.41) is 13.2. The molecule has 0 aliphatic carbocycles. The Morgan fingerprint density at radius 1 is 1.33 bits per heavy atom. The Labute approximate surface area is 111 Å². The van der Waals surface area contributed by atoms with Gasteiger partial charge in [-0.25, -0.2) is 0 Å². The molecule has 3 unspecified atom stereocenters. The zero-order valence-corrected chi connectivity index (χ0v) is 11.9. The summed E-state index contributed by atoms with van der Waals surface area (Å²) in [6, 6.07) is 0.793. The number of fused-ring (bicyclic) bond motifs is 1. The second kappa shape index (κ2) is 6.85. The van der Waals surface area contributed by atoms with Crippen LogP contribution >= 0.6 is 0 Å². The Balaban J connectivity index is 1.76. The molecule has 2 saturated heterocycles. The van der Waals surface area contributed by atoms with Gasteiger partial charge in [-0.2, -0.15) is 0 Å². The summed E-state index contributed by atoms with van der Waals surface area (Å²) < 4.78 is 0. The fourth-order valence-corrected chi connectivity index (χ4v) is 3.57. The van der Waals surface area contributed by atoms with Crippen LogP contribution in [0.25, 0.3) is 0 Å². The van der Waals surface area contributed by atoms with Crippen molar-refractivity contribution < 1.29 is 5.11 Å². The molecule has 18 heavy (non-hydrogen) atoms. The lowest BCUT2D eigenvalue weighted by atomic mass is 9.84. The lowest BCUT2D eigenvalue weighted by molar-refractivity contribution is 0.0180. The van der Waals surface area contributed by atoms with Crippen molar-refractivity contribution in [3.8, 4) is 0 Å². The molecule has 0 aromatic rings. The molecule has 0 amide bonds. The first-order valence-corrected chi connectivity index (χ1v) is 7.52. The Kier molecular flexibility index (Phi) is 5.42. The highest BCUT2D eigenvalue weighted by atomic mass is 16.3. The van der Waals surface area contributed by atoms with Crippen molar-refractivity contribution in [2.24, 2.45) is 5.92 Å². The van der Waals surface area contributed by atoms with Crippen molar-refractivity contribution >= 4 is 0 Å². The molecular weight excluding hydrogens is 226 g/mol. The second-order valence-corrected chi connectivity index (χ2v) is 5.96. The third-order valence-corrected chi connectivity index (χ3v) is 4.53. The number of hydrogen-bond donors (Lipinski definition) is 2. The van der Waals surface area contributed by atoms with Crippen LogP contribution in [0.15, 0.2) is 0 Å². The molecule has 0 radical (unpaired) electrons. The van der Waals surface area contributed by atoms with Crippen molar-refractivity contribution in [2.75, 3.05) is 46.3 Å². The second-order valence-electron chi connectivity index (χ2n) is 5.96. The summed E-state index contributed by atoms with van der Waals surface area (Å²) in [5.74, 6) is 0.823. The van der Waals surface area contributed by atoms with E-state index in [4.69, 9.17) is 0 Å². The minimum atomic E-state index is -0.220. The molecule has 2 rings (SSSR count). The van der Waals surface area contributed by atoms with Crippen LogP contribution in [0.5, 0.6) is 0 Å². The topological polar surface area (TPSA) is 38.7 Å². The van der Waals surface area contributed by atoms with E-state index in [0.717, 1.165) is 38.1 Å². The zero-order valence-electron chi connectivity index (χ0n) is 11.9. The van der Waals surface area contributed by atoms with Gasteiger partial charge in [0.2, 0.25) is 0 Å². The summed E-state index contributed by atoms with van der Waals surface area (Å²) in [4.78, 5) is 5.00. The zero-order chi connectivity index (χ0) is 13.0. The predicted octanol–water partition coefficient (Wildman–Crippen LogP) is 0.373. The van der Waals surface area contributed by atoms with E-state index in [1.54, 1.807) is 0 Å². The van der Waals surface area contributed by atoms with Crippen LogP contribution in [0, 0.1) is 5.92 Å². The lowest BCUT2D eigenvalue weighted by Gasteiger charge is -2.46. The van der Waals surface area contributed by atoms with Crippen LogP contribution in [0.1, 0.15) is 26.2 Å². The molecule has 106 valence electrons. The number of hydrogen-bond acceptors (Lipinski definition) is 4. The molecule has 4 nitrogen and oxygen atoms in total. The molecule has 4 heteroatoms. The normalized spacial score (nSPS) is 32.2. The molecule has 0 bridgehead atoms. The maximum atomic E-state index is 9.97. The Bertz CT molecular complexity index is 249. The number of likely N-dealkylation sites (tertiary alicyclic amines) is 2. The number of piperidine rings is 2. The third-order valence-electron chi connectivity index (χ3n) is 4.53. The number of nitrogens with one attached hydrogen (secondary N) is 1. The first-order chi connectivity index (χ1) is 8.70. The van der Waals surface area contributed by atoms with Gasteiger partial charge in [0.15, 0.2) is 0 Å². The van der Waals surface area contributed by atoms with E-state index in [-0.39, 0.29) is 6.10 Å². The minimum Gasteiger partial charge on any atom is -0.390 e. The van der Waals surface area contributed by atoms with Gasteiger partial charge < -0.3 is 20.2 Å². The van der Waals surface area contributed by atoms with Crippen molar-refractivity contribution in [2.45, 2.75) is 38.3 Å². The van der Waals surface area contributed by atoms with Gasteiger partial charge in [-0.15, -0.1) is 0 Å². The standard InChI is InChI=1S/C14H29N3O/c1-3-15-9-13(18)11-17-8-6-14-12(10-17)5-4-7-16(14)2/h12-15,18H,3-11H2,1-2H3. The largest absolute Gasteiger partial charge is 0.390 e. The number of likely N-dealkylation sites (N-methyl/N-ethyl adjacent to an activating group) is 1. The number of aliphatic hydroxyl groups excluding tert-OH is 1. The van der Waals surface area contributed by atoms with E-state index in [9.17, 15) is 5.11 Å². The number of nitrogens with zero attached hydrogens (tertiary/aromatic N) is 2. The minimum absolute atomic E-state index is 0.220. The molecule has 2 fully saturated rings. The molecule has 0 saturated carbocycles. The molecule has 0 spiro atoms. The van der Waals surface area contributed by atoms with Gasteiger partial charge in [0.1, 0.15) is 0 Å². The molecule has 3 atom stereocenters. The van der Waals surface area contributed by atoms with Gasteiger partial charge >= 0.3 is 0 Å². The Morgan fingerprint density at radius 3 is 2.94 bits per heavy atom. The third kappa shape index (κ3) is 3.67. The Morgan fingerprint density at radius 2 is 2.17 bits per heavy atom. The smallest absolute Gasteiger partial charge is 0.0791 e. The van der Waals surface area contributed by atoms with Crippen LogP contribution < -0.4 is 5.32 Å². The van der Waals surface area contributed by atoms with Gasteiger partial charge in [-0.1, -0.05) is 6.92 Å². The lowest BCUT2D eigenvalue weighted by Crippen LogP contribution is -2.54. The van der Waals surface area contributed by atoms with Crippen LogP contribution in [0.2, 0.25) is 0 Å². The molecular formula is C14H29N3O. The summed E-state index contributed by atoms with van der Waals surface area (Å²) in [5.41, 5.74) is 0. The van der Waals surface area contributed by atoms with Gasteiger partial charge in [0, 0.05) is 25.7 Å². The fraction of sp³-hybridized carbons (Fsp3) is 1.00. The van der Waals surface area contributed by atoms with Crippen molar-refractivity contribution in [3.63, 3.8) is 0 Å².